The Hall–Kier alpha value is -1.63. The average Bonchev–Trinajstić information content (AvgIpc) is 2.28. The lowest BCUT2D eigenvalue weighted by molar-refractivity contribution is -0.388. The molecule has 17 heavy (non-hydrogen) atoms. The molecule has 0 spiro atoms. The van der Waals surface area contributed by atoms with Crippen molar-refractivity contribution < 1.29 is 9.72 Å². The molecular weight excluding hydrogens is 242 g/mol. The molecule has 7 heteroatoms. The van der Waals surface area contributed by atoms with Crippen LogP contribution in [0.25, 0.3) is 0 Å². The van der Waals surface area contributed by atoms with Gasteiger partial charge < -0.3 is 4.90 Å². The molecule has 0 aliphatic heterocycles. The molecule has 92 valence electrons. The van der Waals surface area contributed by atoms with Crippen LogP contribution in [0.2, 0.25) is 0 Å². The number of rotatable bonds is 4. The maximum atomic E-state index is 11.6. The minimum Gasteiger partial charge on any atom is -0.348 e. The molecule has 0 aliphatic rings. The largest absolute Gasteiger partial charge is 0.348 e. The van der Waals surface area contributed by atoms with Crippen molar-refractivity contribution in [3.05, 3.63) is 28.4 Å². The molecule has 0 radical (unpaired) electrons. The van der Waals surface area contributed by atoms with Crippen molar-refractivity contribution in [1.29, 1.82) is 0 Å². The third kappa shape index (κ3) is 3.42. The van der Waals surface area contributed by atoms with Gasteiger partial charge in [0.15, 0.2) is 5.03 Å². The van der Waals surface area contributed by atoms with E-state index in [2.05, 4.69) is 4.98 Å². The van der Waals surface area contributed by atoms with Crippen LogP contribution >= 0.6 is 11.8 Å². The van der Waals surface area contributed by atoms with Gasteiger partial charge in [-0.25, -0.2) is 4.98 Å². The van der Waals surface area contributed by atoms with E-state index in [0.717, 1.165) is 11.8 Å². The molecule has 0 bridgehead atoms. The molecule has 1 heterocycles. The second-order valence-electron chi connectivity index (χ2n) is 3.58. The van der Waals surface area contributed by atoms with Crippen molar-refractivity contribution >= 4 is 23.4 Å². The SMILES string of the molecule is C[C@@H](Sc1ncccc1[N+](=O)[O-])C(=O)N(C)C. The van der Waals surface area contributed by atoms with E-state index in [-0.39, 0.29) is 16.6 Å². The zero-order chi connectivity index (χ0) is 13.0. The van der Waals surface area contributed by atoms with Gasteiger partial charge in [0.1, 0.15) is 0 Å². The second-order valence-corrected chi connectivity index (χ2v) is 4.91. The Morgan fingerprint density at radius 2 is 2.24 bits per heavy atom. The number of carbonyl (C=O) groups is 1. The van der Waals surface area contributed by atoms with Gasteiger partial charge in [0, 0.05) is 26.4 Å². The van der Waals surface area contributed by atoms with Crippen molar-refractivity contribution in [2.75, 3.05) is 14.1 Å². The number of hydrogen-bond acceptors (Lipinski definition) is 5. The Balaban J connectivity index is 2.88. The van der Waals surface area contributed by atoms with Crippen molar-refractivity contribution in [2.24, 2.45) is 0 Å². The quantitative estimate of drug-likeness (QED) is 0.463. The molecule has 1 rings (SSSR count). The summed E-state index contributed by atoms with van der Waals surface area (Å²) in [6, 6.07) is 2.88. The van der Waals surface area contributed by atoms with E-state index in [1.54, 1.807) is 21.0 Å². The third-order valence-electron chi connectivity index (χ3n) is 2.02. The number of thioether (sulfide) groups is 1. The first-order chi connectivity index (χ1) is 7.93. The summed E-state index contributed by atoms with van der Waals surface area (Å²) < 4.78 is 0. The van der Waals surface area contributed by atoms with Gasteiger partial charge in [-0.1, -0.05) is 11.8 Å². The predicted octanol–water partition coefficient (Wildman–Crippen LogP) is 1.56. The third-order valence-corrected chi connectivity index (χ3v) is 3.12. The maximum absolute atomic E-state index is 11.6. The molecule has 1 atom stereocenters. The van der Waals surface area contributed by atoms with Crippen LogP contribution in [0.15, 0.2) is 23.4 Å². The molecule has 0 saturated heterocycles. The van der Waals surface area contributed by atoms with E-state index in [1.165, 1.54) is 23.2 Å². The van der Waals surface area contributed by atoms with Gasteiger partial charge >= 0.3 is 5.69 Å². The lowest BCUT2D eigenvalue weighted by Crippen LogP contribution is -2.29. The minimum atomic E-state index is -0.498. The molecule has 0 aromatic carbocycles. The monoisotopic (exact) mass is 255 g/mol. The average molecular weight is 255 g/mol. The highest BCUT2D eigenvalue weighted by molar-refractivity contribution is 8.00. The summed E-state index contributed by atoms with van der Waals surface area (Å²) in [5.41, 5.74) is -0.0732. The summed E-state index contributed by atoms with van der Waals surface area (Å²) in [6.07, 6.45) is 1.47. The van der Waals surface area contributed by atoms with Gasteiger partial charge in [0.25, 0.3) is 0 Å². The highest BCUT2D eigenvalue weighted by Gasteiger charge is 2.22. The lowest BCUT2D eigenvalue weighted by atomic mass is 10.4. The van der Waals surface area contributed by atoms with Crippen LogP contribution < -0.4 is 0 Å². The Bertz CT molecular complexity index is 437. The number of nitrogens with zero attached hydrogens (tertiary/aromatic N) is 3. The normalized spacial score (nSPS) is 11.9. The van der Waals surface area contributed by atoms with Gasteiger partial charge in [-0.05, 0) is 13.0 Å². The summed E-state index contributed by atoms with van der Waals surface area (Å²) in [4.78, 5) is 27.3. The number of amides is 1. The summed E-state index contributed by atoms with van der Waals surface area (Å²) in [5, 5.41) is 10.6. The molecule has 0 N–H and O–H groups in total. The zero-order valence-corrected chi connectivity index (χ0v) is 10.6. The Morgan fingerprint density at radius 1 is 1.59 bits per heavy atom. The van der Waals surface area contributed by atoms with Crippen LogP contribution in [0.4, 0.5) is 5.69 Å². The van der Waals surface area contributed by atoms with Crippen LogP contribution in [0.3, 0.4) is 0 Å². The molecule has 0 fully saturated rings. The summed E-state index contributed by atoms with van der Waals surface area (Å²) in [7, 11) is 3.29. The van der Waals surface area contributed by atoms with Crippen LogP contribution in [0.5, 0.6) is 0 Å². The van der Waals surface area contributed by atoms with Gasteiger partial charge in [0.05, 0.1) is 10.2 Å². The predicted molar refractivity (Wildman–Crippen MR) is 64.9 cm³/mol. The highest BCUT2D eigenvalue weighted by atomic mass is 32.2. The van der Waals surface area contributed by atoms with Gasteiger partial charge in [-0.3, -0.25) is 14.9 Å². The van der Waals surface area contributed by atoms with E-state index < -0.39 is 10.2 Å². The van der Waals surface area contributed by atoms with E-state index >= 15 is 0 Å². The van der Waals surface area contributed by atoms with Gasteiger partial charge in [0.2, 0.25) is 5.91 Å². The van der Waals surface area contributed by atoms with Crippen molar-refractivity contribution in [3.63, 3.8) is 0 Å². The molecule has 0 aliphatic carbocycles. The van der Waals surface area contributed by atoms with Gasteiger partial charge in [-0.15, -0.1) is 0 Å². The second kappa shape index (κ2) is 5.62. The van der Waals surface area contributed by atoms with E-state index in [1.807, 2.05) is 0 Å². The highest BCUT2D eigenvalue weighted by Crippen LogP contribution is 2.29. The first kappa shape index (κ1) is 13.4. The Labute approximate surface area is 103 Å². The van der Waals surface area contributed by atoms with Gasteiger partial charge in [-0.2, -0.15) is 0 Å². The van der Waals surface area contributed by atoms with Crippen LogP contribution in [-0.4, -0.2) is 40.1 Å². The van der Waals surface area contributed by atoms with Crippen molar-refractivity contribution in [1.82, 2.24) is 9.88 Å². The summed E-state index contributed by atoms with van der Waals surface area (Å²) in [5.74, 6) is -0.102. The summed E-state index contributed by atoms with van der Waals surface area (Å²) >= 11 is 1.09. The smallest absolute Gasteiger partial charge is 0.301 e. The lowest BCUT2D eigenvalue weighted by Gasteiger charge is -2.15. The van der Waals surface area contributed by atoms with Crippen LogP contribution in [0.1, 0.15) is 6.92 Å². The number of nitro groups is 1. The Morgan fingerprint density at radius 3 is 2.76 bits per heavy atom. The summed E-state index contributed by atoms with van der Waals surface area (Å²) in [6.45, 7) is 1.70. The molecule has 1 aromatic rings. The molecule has 0 saturated carbocycles. The first-order valence-electron chi connectivity index (χ1n) is 4.90. The standard InChI is InChI=1S/C10H13N3O3S/c1-7(10(14)12(2)3)17-9-8(13(15)16)5-4-6-11-9/h4-7H,1-3H3/t7-/m1/s1. The number of carbonyl (C=O) groups excluding carboxylic acids is 1. The maximum Gasteiger partial charge on any atom is 0.301 e. The zero-order valence-electron chi connectivity index (χ0n) is 9.78. The number of aromatic nitrogens is 1. The minimum absolute atomic E-state index is 0.0732. The van der Waals surface area contributed by atoms with E-state index in [0.29, 0.717) is 0 Å². The fourth-order valence-electron chi connectivity index (χ4n) is 1.19. The molecule has 1 amide bonds. The van der Waals surface area contributed by atoms with Crippen molar-refractivity contribution in [3.8, 4) is 0 Å². The van der Waals surface area contributed by atoms with E-state index in [4.69, 9.17) is 0 Å². The van der Waals surface area contributed by atoms with Crippen molar-refractivity contribution in [2.45, 2.75) is 17.2 Å². The molecule has 6 nitrogen and oxygen atoms in total. The fraction of sp³-hybridized carbons (Fsp3) is 0.400. The number of pyridine rings is 1. The van der Waals surface area contributed by atoms with Crippen LogP contribution in [-0.2, 0) is 4.79 Å². The molecule has 0 unspecified atom stereocenters. The Kier molecular flexibility index (Phi) is 4.45. The topological polar surface area (TPSA) is 76.3 Å². The van der Waals surface area contributed by atoms with E-state index in [9.17, 15) is 14.9 Å². The first-order valence-corrected chi connectivity index (χ1v) is 5.78. The fourth-order valence-corrected chi connectivity index (χ4v) is 2.23. The number of hydrogen-bond donors (Lipinski definition) is 0. The van der Waals surface area contributed by atoms with Crippen LogP contribution in [0, 0.1) is 10.1 Å². The molecular formula is C10H13N3O3S. The molecule has 1 aromatic heterocycles.